The number of rotatable bonds is 4. The molecule has 0 aromatic heterocycles. The Morgan fingerprint density at radius 2 is 1.71 bits per heavy atom. The molecule has 0 radical (unpaired) electrons. The van der Waals surface area contributed by atoms with Gasteiger partial charge in [0.15, 0.2) is 0 Å². The van der Waals surface area contributed by atoms with Crippen LogP contribution >= 0.6 is 0 Å². The summed E-state index contributed by atoms with van der Waals surface area (Å²) in [5, 5.41) is 0. The number of benzene rings is 1. The Hall–Kier alpha value is -1.27. The van der Waals surface area contributed by atoms with Gasteiger partial charge in [-0.2, -0.15) is 13.1 Å². The Morgan fingerprint density at radius 3 is 2.24 bits per heavy atom. The van der Waals surface area contributed by atoms with Gasteiger partial charge in [0.25, 0.3) is 10.2 Å². The summed E-state index contributed by atoms with van der Waals surface area (Å²) in [4.78, 5) is 0. The number of hydrogen-bond donors (Lipinski definition) is 3. The second-order valence-electron chi connectivity index (χ2n) is 4.40. The number of anilines is 2. The second kappa shape index (κ2) is 4.93. The maximum absolute atomic E-state index is 11.7. The van der Waals surface area contributed by atoms with Gasteiger partial charge >= 0.3 is 0 Å². The summed E-state index contributed by atoms with van der Waals surface area (Å²) in [7, 11) is -3.57. The van der Waals surface area contributed by atoms with E-state index in [-0.39, 0.29) is 6.04 Å². The van der Waals surface area contributed by atoms with Crippen molar-refractivity contribution in [1.29, 1.82) is 0 Å². The van der Waals surface area contributed by atoms with E-state index in [1.165, 1.54) is 0 Å². The third kappa shape index (κ3) is 3.90. The minimum Gasteiger partial charge on any atom is -0.397 e. The van der Waals surface area contributed by atoms with Gasteiger partial charge in [0.2, 0.25) is 0 Å². The van der Waals surface area contributed by atoms with E-state index in [1.807, 2.05) is 13.8 Å². The van der Waals surface area contributed by atoms with Crippen LogP contribution in [0.25, 0.3) is 0 Å². The maximum Gasteiger partial charge on any atom is 0.299 e. The Kier molecular flexibility index (Phi) is 4.00. The van der Waals surface area contributed by atoms with Crippen molar-refractivity contribution in [2.45, 2.75) is 33.7 Å². The quantitative estimate of drug-likeness (QED) is 0.715. The Bertz CT molecular complexity index is 510. The van der Waals surface area contributed by atoms with Crippen LogP contribution in [-0.4, -0.2) is 14.5 Å². The van der Waals surface area contributed by atoms with Crippen LogP contribution in [0.15, 0.2) is 12.1 Å². The van der Waals surface area contributed by atoms with Crippen LogP contribution in [0, 0.1) is 13.8 Å². The molecule has 5 nitrogen and oxygen atoms in total. The first-order chi connectivity index (χ1) is 7.71. The zero-order chi connectivity index (χ0) is 13.2. The average Bonchev–Trinajstić information content (AvgIpc) is 2.11. The molecule has 0 saturated carbocycles. The highest BCUT2D eigenvalue weighted by atomic mass is 32.2. The topological polar surface area (TPSA) is 84.2 Å². The molecular formula is C11H19N3O2S. The number of nitrogens with two attached hydrogens (primary N) is 1. The third-order valence-corrected chi connectivity index (χ3v) is 3.57. The lowest BCUT2D eigenvalue weighted by atomic mass is 10.1. The van der Waals surface area contributed by atoms with E-state index in [0.29, 0.717) is 11.4 Å². The third-order valence-electron chi connectivity index (χ3n) is 2.30. The van der Waals surface area contributed by atoms with Crippen molar-refractivity contribution < 1.29 is 8.42 Å². The molecule has 0 saturated heterocycles. The van der Waals surface area contributed by atoms with Gasteiger partial charge in [-0.1, -0.05) is 0 Å². The van der Waals surface area contributed by atoms with Crippen molar-refractivity contribution in [3.8, 4) is 0 Å². The summed E-state index contributed by atoms with van der Waals surface area (Å²) < 4.78 is 28.2. The molecule has 96 valence electrons. The fraction of sp³-hybridized carbons (Fsp3) is 0.455. The first kappa shape index (κ1) is 13.8. The first-order valence-electron chi connectivity index (χ1n) is 5.38. The molecule has 1 aromatic rings. The van der Waals surface area contributed by atoms with Crippen molar-refractivity contribution >= 4 is 21.6 Å². The lowest BCUT2D eigenvalue weighted by molar-refractivity contribution is 0.575. The van der Waals surface area contributed by atoms with Gasteiger partial charge in [0.05, 0.1) is 11.4 Å². The molecule has 0 bridgehead atoms. The van der Waals surface area contributed by atoms with Crippen molar-refractivity contribution in [3.05, 3.63) is 23.3 Å². The number of nitrogens with one attached hydrogen (secondary N) is 2. The number of aryl methyl sites for hydroxylation is 2. The zero-order valence-corrected chi connectivity index (χ0v) is 11.4. The molecule has 0 amide bonds. The molecule has 0 aliphatic heterocycles. The van der Waals surface area contributed by atoms with Gasteiger partial charge in [0.1, 0.15) is 0 Å². The standard InChI is InChI=1S/C11H19N3O2S/c1-7(2)13-17(15,16)14-11-6-9(4)8(3)5-10(11)12/h5-7,13-14H,12H2,1-4H3. The highest BCUT2D eigenvalue weighted by Crippen LogP contribution is 2.23. The highest BCUT2D eigenvalue weighted by Gasteiger charge is 2.13. The molecule has 0 heterocycles. The molecule has 6 heteroatoms. The maximum atomic E-state index is 11.7. The molecule has 0 unspecified atom stereocenters. The molecule has 1 aromatic carbocycles. The van der Waals surface area contributed by atoms with Crippen molar-refractivity contribution in [2.75, 3.05) is 10.5 Å². The van der Waals surface area contributed by atoms with Crippen LogP contribution in [0.2, 0.25) is 0 Å². The SMILES string of the molecule is Cc1cc(N)c(NS(=O)(=O)NC(C)C)cc1C. The van der Waals surface area contributed by atoms with Crippen LogP contribution in [0.1, 0.15) is 25.0 Å². The average molecular weight is 257 g/mol. The van der Waals surface area contributed by atoms with Gasteiger partial charge in [-0.3, -0.25) is 4.72 Å². The van der Waals surface area contributed by atoms with Gasteiger partial charge in [-0.25, -0.2) is 0 Å². The molecule has 4 N–H and O–H groups in total. The van der Waals surface area contributed by atoms with Crippen molar-refractivity contribution in [1.82, 2.24) is 4.72 Å². The van der Waals surface area contributed by atoms with E-state index in [4.69, 9.17) is 5.73 Å². The lowest BCUT2D eigenvalue weighted by Gasteiger charge is -2.14. The summed E-state index contributed by atoms with van der Waals surface area (Å²) in [6.45, 7) is 7.34. The monoisotopic (exact) mass is 257 g/mol. The van der Waals surface area contributed by atoms with Crippen molar-refractivity contribution in [2.24, 2.45) is 0 Å². The van der Waals surface area contributed by atoms with Crippen LogP contribution in [0.3, 0.4) is 0 Å². The smallest absolute Gasteiger partial charge is 0.299 e. The zero-order valence-electron chi connectivity index (χ0n) is 10.5. The summed E-state index contributed by atoms with van der Waals surface area (Å²) >= 11 is 0. The molecular weight excluding hydrogens is 238 g/mol. The summed E-state index contributed by atoms with van der Waals surface area (Å²) in [6.07, 6.45) is 0. The normalized spacial score (nSPS) is 11.8. The summed E-state index contributed by atoms with van der Waals surface area (Å²) in [5.74, 6) is 0. The predicted octanol–water partition coefficient (Wildman–Crippen LogP) is 1.54. The number of hydrogen-bond acceptors (Lipinski definition) is 3. The minimum absolute atomic E-state index is 0.166. The molecule has 0 aliphatic carbocycles. The first-order valence-corrected chi connectivity index (χ1v) is 6.86. The Morgan fingerprint density at radius 1 is 1.18 bits per heavy atom. The van der Waals surface area contributed by atoms with Crippen LogP contribution in [0.4, 0.5) is 11.4 Å². The molecule has 0 atom stereocenters. The van der Waals surface area contributed by atoms with Crippen LogP contribution in [0.5, 0.6) is 0 Å². The molecule has 17 heavy (non-hydrogen) atoms. The molecule has 0 fully saturated rings. The van der Waals surface area contributed by atoms with E-state index < -0.39 is 10.2 Å². The summed E-state index contributed by atoms with van der Waals surface area (Å²) in [5.41, 5.74) is 8.61. The van der Waals surface area contributed by atoms with Gasteiger partial charge in [-0.15, -0.1) is 0 Å². The summed E-state index contributed by atoms with van der Waals surface area (Å²) in [6, 6.07) is 3.31. The van der Waals surface area contributed by atoms with Gasteiger partial charge in [-0.05, 0) is 51.0 Å². The van der Waals surface area contributed by atoms with Crippen LogP contribution < -0.4 is 15.2 Å². The molecule has 0 spiro atoms. The largest absolute Gasteiger partial charge is 0.397 e. The van der Waals surface area contributed by atoms with E-state index in [2.05, 4.69) is 9.44 Å². The van der Waals surface area contributed by atoms with E-state index in [1.54, 1.807) is 26.0 Å². The van der Waals surface area contributed by atoms with E-state index in [0.717, 1.165) is 11.1 Å². The highest BCUT2D eigenvalue weighted by molar-refractivity contribution is 7.90. The molecule has 1 rings (SSSR count). The van der Waals surface area contributed by atoms with Crippen molar-refractivity contribution in [3.63, 3.8) is 0 Å². The Balaban J connectivity index is 3.00. The number of nitrogen functional groups attached to an aromatic ring is 1. The van der Waals surface area contributed by atoms with E-state index >= 15 is 0 Å². The van der Waals surface area contributed by atoms with Crippen LogP contribution in [-0.2, 0) is 10.2 Å². The second-order valence-corrected chi connectivity index (χ2v) is 5.85. The van der Waals surface area contributed by atoms with E-state index in [9.17, 15) is 8.42 Å². The van der Waals surface area contributed by atoms with Gasteiger partial charge < -0.3 is 5.73 Å². The predicted molar refractivity (Wildman–Crippen MR) is 71.1 cm³/mol. The minimum atomic E-state index is -3.57. The fourth-order valence-electron chi connectivity index (χ4n) is 1.41. The lowest BCUT2D eigenvalue weighted by Crippen LogP contribution is -2.35. The Labute approximate surface area is 103 Å². The van der Waals surface area contributed by atoms with Gasteiger partial charge in [0, 0.05) is 6.04 Å². The molecule has 0 aliphatic rings. The fourth-order valence-corrected chi connectivity index (χ4v) is 2.56.